The van der Waals surface area contributed by atoms with Crippen molar-refractivity contribution in [2.75, 3.05) is 16.0 Å². The van der Waals surface area contributed by atoms with E-state index in [0.717, 1.165) is 22.5 Å². The van der Waals surface area contributed by atoms with Crippen molar-refractivity contribution in [1.82, 2.24) is 4.98 Å². The Morgan fingerprint density at radius 2 is 1.46 bits per heavy atom. The smallest absolute Gasteiger partial charge is 0.274 e. The first-order valence-corrected chi connectivity index (χ1v) is 8.90. The predicted octanol–water partition coefficient (Wildman–Crippen LogP) is 4.65. The molecule has 6 nitrogen and oxygen atoms in total. The number of rotatable bonds is 5. The molecule has 0 bridgehead atoms. The summed E-state index contributed by atoms with van der Waals surface area (Å²) in [6.45, 7) is 5.52. The van der Waals surface area contributed by atoms with Crippen LogP contribution in [-0.4, -0.2) is 16.8 Å². The van der Waals surface area contributed by atoms with Gasteiger partial charge in [0.05, 0.1) is 11.9 Å². The van der Waals surface area contributed by atoms with Gasteiger partial charge in [-0.3, -0.25) is 9.59 Å². The molecule has 142 valence electrons. The maximum absolute atomic E-state index is 12.4. The van der Waals surface area contributed by atoms with Crippen molar-refractivity contribution < 1.29 is 9.59 Å². The molecule has 0 radical (unpaired) electrons. The number of para-hydroxylation sites is 1. The van der Waals surface area contributed by atoms with E-state index in [9.17, 15) is 9.59 Å². The van der Waals surface area contributed by atoms with Crippen LogP contribution in [0, 0.1) is 13.8 Å². The summed E-state index contributed by atoms with van der Waals surface area (Å²) < 4.78 is 0. The predicted molar refractivity (Wildman–Crippen MR) is 112 cm³/mol. The fraction of sp³-hybridized carbons (Fsp3) is 0.136. The highest BCUT2D eigenvalue weighted by atomic mass is 16.2. The summed E-state index contributed by atoms with van der Waals surface area (Å²) in [7, 11) is 0. The van der Waals surface area contributed by atoms with E-state index in [2.05, 4.69) is 20.9 Å². The fourth-order valence-corrected chi connectivity index (χ4v) is 2.83. The van der Waals surface area contributed by atoms with Crippen LogP contribution in [0.15, 0.2) is 60.8 Å². The molecule has 28 heavy (non-hydrogen) atoms. The third-order valence-corrected chi connectivity index (χ3v) is 4.19. The molecule has 0 spiro atoms. The molecular formula is C22H22N4O2. The van der Waals surface area contributed by atoms with Gasteiger partial charge in [0.15, 0.2) is 0 Å². The van der Waals surface area contributed by atoms with Crippen molar-refractivity contribution in [1.29, 1.82) is 0 Å². The van der Waals surface area contributed by atoms with E-state index in [-0.39, 0.29) is 11.8 Å². The number of hydrogen-bond acceptors (Lipinski definition) is 4. The topological polar surface area (TPSA) is 83.1 Å². The molecule has 3 rings (SSSR count). The van der Waals surface area contributed by atoms with Gasteiger partial charge < -0.3 is 16.0 Å². The quantitative estimate of drug-likeness (QED) is 0.607. The Labute approximate surface area is 164 Å². The monoisotopic (exact) mass is 374 g/mol. The molecule has 1 aromatic heterocycles. The molecule has 0 aliphatic rings. The van der Waals surface area contributed by atoms with Gasteiger partial charge in [-0.25, -0.2) is 4.98 Å². The zero-order valence-corrected chi connectivity index (χ0v) is 16.0. The van der Waals surface area contributed by atoms with E-state index in [1.54, 1.807) is 36.5 Å². The zero-order chi connectivity index (χ0) is 20.1. The third-order valence-electron chi connectivity index (χ3n) is 4.19. The van der Waals surface area contributed by atoms with Crippen LogP contribution in [0.5, 0.6) is 0 Å². The molecule has 0 saturated heterocycles. The summed E-state index contributed by atoms with van der Waals surface area (Å²) in [5.74, 6) is -0.490. The number of aromatic nitrogens is 1. The van der Waals surface area contributed by atoms with Crippen molar-refractivity contribution >= 4 is 34.6 Å². The zero-order valence-electron chi connectivity index (χ0n) is 16.0. The lowest BCUT2D eigenvalue weighted by molar-refractivity contribution is -0.114. The molecule has 6 heteroatoms. The van der Waals surface area contributed by atoms with Crippen LogP contribution in [0.3, 0.4) is 0 Å². The van der Waals surface area contributed by atoms with E-state index in [0.29, 0.717) is 17.1 Å². The van der Waals surface area contributed by atoms with E-state index >= 15 is 0 Å². The molecule has 2 aromatic carbocycles. The lowest BCUT2D eigenvalue weighted by atomic mass is 10.1. The first kappa shape index (κ1) is 19.1. The highest BCUT2D eigenvalue weighted by Gasteiger charge is 2.09. The molecule has 0 unspecified atom stereocenters. The van der Waals surface area contributed by atoms with Crippen LogP contribution < -0.4 is 16.0 Å². The first-order chi connectivity index (χ1) is 13.4. The Bertz CT molecular complexity index is 993. The SMILES string of the molecule is CC(=O)Nc1cccc(NC(=O)c2ccc(Nc3c(C)cccc3C)cn2)c1. The summed E-state index contributed by atoms with van der Waals surface area (Å²) >= 11 is 0. The third kappa shape index (κ3) is 4.73. The molecular weight excluding hydrogens is 352 g/mol. The lowest BCUT2D eigenvalue weighted by Crippen LogP contribution is -2.14. The molecule has 3 N–H and O–H groups in total. The summed E-state index contributed by atoms with van der Waals surface area (Å²) in [6.07, 6.45) is 1.63. The van der Waals surface area contributed by atoms with E-state index in [1.807, 2.05) is 38.1 Å². The van der Waals surface area contributed by atoms with Gasteiger partial charge in [0.25, 0.3) is 5.91 Å². The number of benzene rings is 2. The van der Waals surface area contributed by atoms with Gasteiger partial charge in [-0.1, -0.05) is 24.3 Å². The van der Waals surface area contributed by atoms with Crippen molar-refractivity contribution in [3.8, 4) is 0 Å². The van der Waals surface area contributed by atoms with Gasteiger partial charge in [0, 0.05) is 24.0 Å². The Morgan fingerprint density at radius 1 is 0.821 bits per heavy atom. The second-order valence-corrected chi connectivity index (χ2v) is 6.54. The number of nitrogens with one attached hydrogen (secondary N) is 3. The average Bonchev–Trinajstić information content (AvgIpc) is 2.65. The van der Waals surface area contributed by atoms with Gasteiger partial charge >= 0.3 is 0 Å². The molecule has 1 heterocycles. The highest BCUT2D eigenvalue weighted by Crippen LogP contribution is 2.24. The maximum atomic E-state index is 12.4. The normalized spacial score (nSPS) is 10.2. The first-order valence-electron chi connectivity index (χ1n) is 8.90. The Hall–Kier alpha value is -3.67. The Kier molecular flexibility index (Phi) is 5.69. The van der Waals surface area contributed by atoms with E-state index in [1.165, 1.54) is 6.92 Å². The molecule has 0 aliphatic carbocycles. The largest absolute Gasteiger partial charge is 0.354 e. The number of anilines is 4. The molecule has 0 aliphatic heterocycles. The summed E-state index contributed by atoms with van der Waals surface area (Å²) in [5, 5.41) is 8.82. The van der Waals surface area contributed by atoms with Crippen molar-refractivity contribution in [2.24, 2.45) is 0 Å². The van der Waals surface area contributed by atoms with Crippen molar-refractivity contribution in [2.45, 2.75) is 20.8 Å². The summed E-state index contributed by atoms with van der Waals surface area (Å²) in [4.78, 5) is 27.9. The molecule has 2 amide bonds. The van der Waals surface area contributed by atoms with Crippen LogP contribution in [-0.2, 0) is 4.79 Å². The minimum absolute atomic E-state index is 0.169. The fourth-order valence-electron chi connectivity index (χ4n) is 2.83. The van der Waals surface area contributed by atoms with E-state index < -0.39 is 0 Å². The van der Waals surface area contributed by atoms with Crippen LogP contribution in [0.4, 0.5) is 22.7 Å². The van der Waals surface area contributed by atoms with E-state index in [4.69, 9.17) is 0 Å². The number of carbonyl (C=O) groups is 2. The number of carbonyl (C=O) groups excluding carboxylic acids is 2. The van der Waals surface area contributed by atoms with Crippen molar-refractivity contribution in [3.63, 3.8) is 0 Å². The van der Waals surface area contributed by atoms with Crippen LogP contribution in [0.1, 0.15) is 28.5 Å². The van der Waals surface area contributed by atoms with Gasteiger partial charge in [0.2, 0.25) is 5.91 Å². The number of pyridine rings is 1. The molecule has 0 saturated carbocycles. The molecule has 0 fully saturated rings. The van der Waals surface area contributed by atoms with Gasteiger partial charge in [-0.05, 0) is 55.3 Å². The summed E-state index contributed by atoms with van der Waals surface area (Å²) in [5.41, 5.74) is 5.62. The van der Waals surface area contributed by atoms with Gasteiger partial charge in [-0.15, -0.1) is 0 Å². The minimum atomic E-state index is -0.321. The van der Waals surface area contributed by atoms with Crippen LogP contribution in [0.2, 0.25) is 0 Å². The molecule has 0 atom stereocenters. The number of hydrogen-bond donors (Lipinski definition) is 3. The lowest BCUT2D eigenvalue weighted by Gasteiger charge is -2.12. The van der Waals surface area contributed by atoms with Gasteiger partial charge in [-0.2, -0.15) is 0 Å². The number of amides is 2. The highest BCUT2D eigenvalue weighted by molar-refractivity contribution is 6.03. The minimum Gasteiger partial charge on any atom is -0.354 e. The average molecular weight is 374 g/mol. The standard InChI is InChI=1S/C22H22N4O2/c1-14-6-4-7-15(2)21(14)25-19-10-11-20(23-13-19)22(28)26-18-9-5-8-17(12-18)24-16(3)27/h4-13,25H,1-3H3,(H,24,27)(H,26,28). The van der Waals surface area contributed by atoms with Crippen LogP contribution in [0.25, 0.3) is 0 Å². The second-order valence-electron chi connectivity index (χ2n) is 6.54. The second kappa shape index (κ2) is 8.35. The number of nitrogens with zero attached hydrogens (tertiary/aromatic N) is 1. The Balaban J connectivity index is 1.69. The Morgan fingerprint density at radius 3 is 2.07 bits per heavy atom. The maximum Gasteiger partial charge on any atom is 0.274 e. The summed E-state index contributed by atoms with van der Waals surface area (Å²) in [6, 6.07) is 16.5. The molecule has 3 aromatic rings. The van der Waals surface area contributed by atoms with Crippen molar-refractivity contribution in [3.05, 3.63) is 77.6 Å². The van der Waals surface area contributed by atoms with Crippen LogP contribution >= 0.6 is 0 Å². The van der Waals surface area contributed by atoms with Gasteiger partial charge in [0.1, 0.15) is 5.69 Å². The number of aryl methyl sites for hydroxylation is 2.